The van der Waals surface area contributed by atoms with Crippen molar-refractivity contribution in [2.24, 2.45) is 0 Å². The fourth-order valence-corrected chi connectivity index (χ4v) is 9.35. The zero-order chi connectivity index (χ0) is 39.2. The Morgan fingerprint density at radius 1 is 0.483 bits per heavy atom. The molecule has 2 heteroatoms. The van der Waals surface area contributed by atoms with Gasteiger partial charge in [0.15, 0.2) is 0 Å². The van der Waals surface area contributed by atoms with Gasteiger partial charge in [-0.3, -0.25) is 0 Å². The summed E-state index contributed by atoms with van der Waals surface area (Å²) in [4.78, 5) is 2.40. The first-order chi connectivity index (χ1) is 28.5. The summed E-state index contributed by atoms with van der Waals surface area (Å²) < 4.78 is 2.45. The van der Waals surface area contributed by atoms with Crippen LogP contribution in [0.4, 0.5) is 17.1 Å². The number of fused-ring (bicyclic) bond motifs is 6. The normalized spacial score (nSPS) is 12.6. The van der Waals surface area contributed by atoms with E-state index in [9.17, 15) is 0 Å². The van der Waals surface area contributed by atoms with Crippen molar-refractivity contribution in [1.82, 2.24) is 4.57 Å². The summed E-state index contributed by atoms with van der Waals surface area (Å²) in [6, 6.07) is 69.5. The van der Waals surface area contributed by atoms with Crippen molar-refractivity contribution >= 4 is 51.0 Å². The van der Waals surface area contributed by atoms with E-state index in [4.69, 9.17) is 0 Å². The number of para-hydroxylation sites is 3. The van der Waals surface area contributed by atoms with Gasteiger partial charge in [-0.15, -0.1) is 0 Å². The third-order valence-electron chi connectivity index (χ3n) is 12.2. The number of nitrogens with zero attached hydrogens (tertiary/aromatic N) is 2. The molecule has 1 aliphatic rings. The topological polar surface area (TPSA) is 8.17 Å². The van der Waals surface area contributed by atoms with Gasteiger partial charge in [0.25, 0.3) is 0 Å². The highest BCUT2D eigenvalue weighted by atomic mass is 15.1. The molecule has 0 N–H and O–H groups in total. The van der Waals surface area contributed by atoms with Crippen molar-refractivity contribution < 1.29 is 0 Å². The van der Waals surface area contributed by atoms with Crippen LogP contribution >= 0.6 is 0 Å². The molecule has 9 aromatic rings. The Kier molecular flexibility index (Phi) is 8.76. The molecule has 0 bridgehead atoms. The molecular formula is C56H44N2. The largest absolute Gasteiger partial charge is 0.310 e. The molecule has 0 fully saturated rings. The summed E-state index contributed by atoms with van der Waals surface area (Å²) in [5.74, 6) is 0. The summed E-state index contributed by atoms with van der Waals surface area (Å²) in [6.45, 7) is 10.2. The number of hydrogen-bond acceptors (Lipinski definition) is 1. The molecule has 1 aromatic heterocycles. The number of aromatic nitrogens is 1. The SMILES string of the molecule is C=Cc1ccc(CC2(Cc3ccc(C=C)cc3)c3cc(N(c4ccccc4)c4ccc(C)cc4)ccc3-c3ccc(-n4c5ccccc5c5ccccc54)cc32)cc1. The zero-order valence-corrected chi connectivity index (χ0v) is 32.8. The van der Waals surface area contributed by atoms with Gasteiger partial charge >= 0.3 is 0 Å². The van der Waals surface area contributed by atoms with Gasteiger partial charge in [-0.1, -0.05) is 158 Å². The number of aryl methyl sites for hydroxylation is 1. The highest BCUT2D eigenvalue weighted by Gasteiger charge is 2.44. The van der Waals surface area contributed by atoms with Crippen LogP contribution in [0.15, 0.2) is 201 Å². The molecule has 1 aliphatic carbocycles. The van der Waals surface area contributed by atoms with Gasteiger partial charge in [-0.2, -0.15) is 0 Å². The van der Waals surface area contributed by atoms with Gasteiger partial charge in [0.05, 0.1) is 11.0 Å². The summed E-state index contributed by atoms with van der Waals surface area (Å²) in [5, 5.41) is 2.53. The molecule has 0 saturated heterocycles. The van der Waals surface area contributed by atoms with Crippen LogP contribution in [-0.2, 0) is 18.3 Å². The quantitative estimate of drug-likeness (QED) is 0.135. The summed E-state index contributed by atoms with van der Waals surface area (Å²) in [7, 11) is 0. The van der Waals surface area contributed by atoms with Crippen molar-refractivity contribution in [2.75, 3.05) is 4.90 Å². The maximum absolute atomic E-state index is 4.05. The van der Waals surface area contributed by atoms with E-state index in [1.165, 1.54) is 66.4 Å². The third kappa shape index (κ3) is 5.97. The van der Waals surface area contributed by atoms with Crippen LogP contribution in [0, 0.1) is 6.92 Å². The molecule has 10 rings (SSSR count). The smallest absolute Gasteiger partial charge is 0.0541 e. The molecule has 0 atom stereocenters. The number of rotatable bonds is 10. The number of benzene rings is 8. The Balaban J connectivity index is 1.24. The third-order valence-corrected chi connectivity index (χ3v) is 12.2. The minimum atomic E-state index is -0.406. The Labute approximate surface area is 341 Å². The van der Waals surface area contributed by atoms with Crippen LogP contribution in [-0.4, -0.2) is 4.57 Å². The van der Waals surface area contributed by atoms with Crippen LogP contribution in [0.5, 0.6) is 0 Å². The van der Waals surface area contributed by atoms with Crippen molar-refractivity contribution in [3.63, 3.8) is 0 Å². The standard InChI is InChI=1S/C56H44N2/c1-4-40-21-25-42(26-22-40)37-56(38-43-27-23-41(5-2)24-28-43)52-35-46(57(44-13-7-6-8-14-44)45-29-19-39(3)20-30-45)31-33-48(52)49-34-32-47(36-53(49)56)58-54-17-11-9-15-50(54)51-16-10-12-18-55(51)58/h4-36H,1-2,37-38H2,3H3. The Bertz CT molecular complexity index is 2860. The van der Waals surface area contributed by atoms with E-state index >= 15 is 0 Å². The lowest BCUT2D eigenvalue weighted by molar-refractivity contribution is 0.520. The first-order valence-electron chi connectivity index (χ1n) is 20.2. The van der Waals surface area contributed by atoms with E-state index in [0.29, 0.717) is 0 Å². The minimum Gasteiger partial charge on any atom is -0.310 e. The fourth-order valence-electron chi connectivity index (χ4n) is 9.35. The molecule has 0 spiro atoms. The lowest BCUT2D eigenvalue weighted by Crippen LogP contribution is -2.31. The Morgan fingerprint density at radius 3 is 1.53 bits per heavy atom. The number of hydrogen-bond donors (Lipinski definition) is 0. The van der Waals surface area contributed by atoms with Crippen molar-refractivity contribution in [3.8, 4) is 16.8 Å². The van der Waals surface area contributed by atoms with Crippen molar-refractivity contribution in [1.29, 1.82) is 0 Å². The average molecular weight is 745 g/mol. The molecule has 0 aliphatic heterocycles. The Morgan fingerprint density at radius 2 is 0.966 bits per heavy atom. The number of anilines is 3. The molecule has 1 heterocycles. The minimum absolute atomic E-state index is 0.406. The van der Waals surface area contributed by atoms with E-state index in [2.05, 4.69) is 218 Å². The highest BCUT2D eigenvalue weighted by Crippen LogP contribution is 2.55. The van der Waals surface area contributed by atoms with E-state index in [0.717, 1.165) is 41.0 Å². The summed E-state index contributed by atoms with van der Waals surface area (Å²) in [5.41, 5.74) is 17.9. The first-order valence-corrected chi connectivity index (χ1v) is 20.2. The maximum atomic E-state index is 4.05. The first kappa shape index (κ1) is 35.3. The molecule has 0 radical (unpaired) electrons. The second-order valence-electron chi connectivity index (χ2n) is 15.7. The van der Waals surface area contributed by atoms with Crippen LogP contribution < -0.4 is 4.90 Å². The van der Waals surface area contributed by atoms with Crippen LogP contribution in [0.3, 0.4) is 0 Å². The predicted molar refractivity (Wildman–Crippen MR) is 247 cm³/mol. The van der Waals surface area contributed by atoms with Gasteiger partial charge in [-0.05, 0) is 125 Å². The van der Waals surface area contributed by atoms with Gasteiger partial charge < -0.3 is 9.47 Å². The zero-order valence-electron chi connectivity index (χ0n) is 32.8. The molecule has 58 heavy (non-hydrogen) atoms. The second-order valence-corrected chi connectivity index (χ2v) is 15.7. The van der Waals surface area contributed by atoms with Crippen molar-refractivity contribution in [3.05, 3.63) is 240 Å². The Hall–Kier alpha value is -7.16. The van der Waals surface area contributed by atoms with Crippen LogP contribution in [0.1, 0.15) is 38.9 Å². The molecular weight excluding hydrogens is 701 g/mol. The monoisotopic (exact) mass is 744 g/mol. The predicted octanol–water partition coefficient (Wildman–Crippen LogP) is 14.6. The molecule has 8 aromatic carbocycles. The second kappa shape index (κ2) is 14.4. The van der Waals surface area contributed by atoms with E-state index in [-0.39, 0.29) is 0 Å². The van der Waals surface area contributed by atoms with Crippen LogP contribution in [0.2, 0.25) is 0 Å². The van der Waals surface area contributed by atoms with Gasteiger partial charge in [-0.25, -0.2) is 0 Å². The molecule has 0 unspecified atom stereocenters. The molecule has 0 saturated carbocycles. The van der Waals surface area contributed by atoms with Gasteiger partial charge in [0.2, 0.25) is 0 Å². The molecule has 278 valence electrons. The molecule has 2 nitrogen and oxygen atoms in total. The average Bonchev–Trinajstić information content (AvgIpc) is 3.74. The van der Waals surface area contributed by atoms with E-state index < -0.39 is 5.41 Å². The lowest BCUT2D eigenvalue weighted by Gasteiger charge is -2.34. The molecule has 0 amide bonds. The van der Waals surface area contributed by atoms with E-state index in [1.54, 1.807) is 0 Å². The van der Waals surface area contributed by atoms with E-state index in [1.807, 2.05) is 12.2 Å². The van der Waals surface area contributed by atoms with Crippen molar-refractivity contribution in [2.45, 2.75) is 25.2 Å². The summed E-state index contributed by atoms with van der Waals surface area (Å²) >= 11 is 0. The van der Waals surface area contributed by atoms with Gasteiger partial charge in [0.1, 0.15) is 0 Å². The fraction of sp³-hybridized carbons (Fsp3) is 0.0714. The summed E-state index contributed by atoms with van der Waals surface area (Å²) in [6.07, 6.45) is 5.50. The lowest BCUT2D eigenvalue weighted by atomic mass is 9.69. The van der Waals surface area contributed by atoms with Crippen LogP contribution in [0.25, 0.3) is 50.8 Å². The van der Waals surface area contributed by atoms with Gasteiger partial charge in [0, 0.05) is 38.9 Å². The highest BCUT2D eigenvalue weighted by molar-refractivity contribution is 6.09. The maximum Gasteiger partial charge on any atom is 0.0541 e.